The van der Waals surface area contributed by atoms with Crippen molar-refractivity contribution in [2.24, 2.45) is 11.8 Å². The number of H-pyrrole nitrogens is 1. The molecule has 0 radical (unpaired) electrons. The number of carbonyl (C=O) groups is 6. The van der Waals surface area contributed by atoms with Crippen LogP contribution in [0.1, 0.15) is 79.7 Å². The first-order chi connectivity index (χ1) is 34.9. The lowest BCUT2D eigenvalue weighted by Crippen LogP contribution is -2.60. The number of halogens is 1. The van der Waals surface area contributed by atoms with Gasteiger partial charge < -0.3 is 53.3 Å². The zero-order valence-corrected chi connectivity index (χ0v) is 43.0. The third kappa shape index (κ3) is 17.4. The number of aromatic nitrogens is 2. The van der Waals surface area contributed by atoms with Gasteiger partial charge in [0.1, 0.15) is 32.0 Å². The molecule has 0 spiro atoms. The van der Waals surface area contributed by atoms with Gasteiger partial charge in [-0.3, -0.25) is 18.9 Å². The number of nitrogens with one attached hydrogen (secondary N) is 3. The van der Waals surface area contributed by atoms with E-state index >= 15 is 4.39 Å². The van der Waals surface area contributed by atoms with Gasteiger partial charge in [-0.2, -0.15) is 0 Å². The van der Waals surface area contributed by atoms with Crippen molar-refractivity contribution in [3.8, 4) is 0 Å². The number of alkyl carbamates (subject to hydrolysis) is 2. The van der Waals surface area contributed by atoms with Crippen LogP contribution < -0.4 is 21.9 Å². The van der Waals surface area contributed by atoms with Crippen molar-refractivity contribution in [3.63, 3.8) is 0 Å². The number of benzene rings is 2. The van der Waals surface area contributed by atoms with E-state index in [9.17, 15) is 42.9 Å². The molecule has 6 unspecified atom stereocenters. The molecule has 0 aliphatic carbocycles. The minimum atomic E-state index is -5.32. The lowest BCUT2D eigenvalue weighted by atomic mass is 9.87. The summed E-state index contributed by atoms with van der Waals surface area (Å²) in [6.07, 6.45) is -9.76. The van der Waals surface area contributed by atoms with Crippen LogP contribution in [-0.4, -0.2) is 114 Å². The fourth-order valence-electron chi connectivity index (χ4n) is 6.86. The Bertz CT molecular complexity index is 2500. The minimum Gasteiger partial charge on any atom is -0.453 e. The van der Waals surface area contributed by atoms with Crippen LogP contribution in [0, 0.1) is 11.8 Å². The molecule has 0 saturated carbocycles. The number of rotatable bonds is 25. The second-order valence-corrected chi connectivity index (χ2v) is 19.5. The molecule has 1 aromatic heterocycles. The van der Waals surface area contributed by atoms with E-state index < -0.39 is 142 Å². The molecule has 2 aromatic carbocycles. The Hall–Kier alpha value is -6.86. The van der Waals surface area contributed by atoms with Gasteiger partial charge in [0.2, 0.25) is 13.6 Å². The van der Waals surface area contributed by atoms with E-state index in [0.29, 0.717) is 15.7 Å². The third-order valence-electron chi connectivity index (χ3n) is 10.4. The SMILES string of the molecule is CC(C)OC(=O)OCOP(=O)(OCOC(=O)OC(C)C)OCC1(CF)OC(n2ccc(=O)[nH]c2=O)C(C)(OC(=O)C(NC(=O)OCc2ccccc2)C(C)C)C1OC(=O)C(NC(=O)OCc1ccccc1)C(C)C. The number of aromatic amines is 1. The summed E-state index contributed by atoms with van der Waals surface area (Å²) in [5.74, 6) is -4.25. The van der Waals surface area contributed by atoms with E-state index in [1.807, 2.05) is 4.98 Å². The predicted octanol–water partition coefficient (Wildman–Crippen LogP) is 6.09. The highest BCUT2D eigenvalue weighted by Crippen LogP contribution is 2.54. The molecule has 2 heterocycles. The summed E-state index contributed by atoms with van der Waals surface area (Å²) >= 11 is 0. The molecule has 4 rings (SSSR count). The van der Waals surface area contributed by atoms with E-state index in [2.05, 4.69) is 10.6 Å². The molecule has 2 amide bonds. The summed E-state index contributed by atoms with van der Waals surface area (Å²) in [5, 5.41) is 4.82. The molecule has 3 N–H and O–H groups in total. The van der Waals surface area contributed by atoms with Crippen LogP contribution in [0.2, 0.25) is 0 Å². The highest BCUT2D eigenvalue weighted by molar-refractivity contribution is 7.48. The number of amides is 2. The topological polar surface area (TPSA) is 309 Å². The first-order valence-electron chi connectivity index (χ1n) is 23.0. The Balaban J connectivity index is 1.83. The van der Waals surface area contributed by atoms with E-state index in [0.717, 1.165) is 19.2 Å². The second-order valence-electron chi connectivity index (χ2n) is 17.8. The highest BCUT2D eigenvalue weighted by Gasteiger charge is 2.69. The number of hydrogen-bond acceptors (Lipinski definition) is 21. The number of alkyl halides is 1. The number of ether oxygens (including phenoxy) is 9. The molecule has 1 fully saturated rings. The first kappa shape index (κ1) is 59.7. The van der Waals surface area contributed by atoms with Gasteiger partial charge >= 0.3 is 49.9 Å². The molecular weight excluding hydrogens is 1010 g/mol. The van der Waals surface area contributed by atoms with Gasteiger partial charge in [0, 0.05) is 12.3 Å². The molecule has 408 valence electrons. The summed E-state index contributed by atoms with van der Waals surface area (Å²) in [7, 11) is -5.32. The van der Waals surface area contributed by atoms with Crippen LogP contribution in [-0.2, 0) is 83.6 Å². The third-order valence-corrected chi connectivity index (χ3v) is 11.7. The monoisotopic (exact) mass is 1070 g/mol. The minimum absolute atomic E-state index is 0.212. The van der Waals surface area contributed by atoms with Crippen LogP contribution in [0.25, 0.3) is 0 Å². The summed E-state index contributed by atoms with van der Waals surface area (Å²) in [6, 6.07) is 14.7. The molecule has 1 saturated heterocycles. The lowest BCUT2D eigenvalue weighted by molar-refractivity contribution is -0.193. The van der Waals surface area contributed by atoms with Crippen molar-refractivity contribution in [1.29, 1.82) is 0 Å². The Labute approximate surface area is 424 Å². The summed E-state index contributed by atoms with van der Waals surface area (Å²) < 4.78 is 95.7. The maximum atomic E-state index is 16.4. The fourth-order valence-corrected chi connectivity index (χ4v) is 7.82. The molecule has 3 aromatic rings. The smallest absolute Gasteiger partial charge is 0.453 e. The van der Waals surface area contributed by atoms with Gasteiger partial charge in [-0.05, 0) is 57.6 Å². The molecule has 27 heteroatoms. The molecule has 0 bridgehead atoms. The first-order valence-corrected chi connectivity index (χ1v) is 24.5. The van der Waals surface area contributed by atoms with Crippen molar-refractivity contribution in [1.82, 2.24) is 20.2 Å². The Kier molecular flexibility index (Phi) is 22.1. The quantitative estimate of drug-likeness (QED) is 0.0374. The van der Waals surface area contributed by atoms with Crippen molar-refractivity contribution < 1.29 is 93.9 Å². The van der Waals surface area contributed by atoms with Crippen LogP contribution in [0.3, 0.4) is 0 Å². The molecule has 1 aliphatic heterocycles. The van der Waals surface area contributed by atoms with Crippen LogP contribution in [0.4, 0.5) is 23.6 Å². The van der Waals surface area contributed by atoms with Gasteiger partial charge in [0.25, 0.3) is 5.56 Å². The summed E-state index contributed by atoms with van der Waals surface area (Å²) in [6.45, 7) is 6.91. The van der Waals surface area contributed by atoms with Gasteiger partial charge in [0.05, 0.1) is 18.8 Å². The maximum absolute atomic E-state index is 16.4. The Morgan fingerprint density at radius 1 is 0.703 bits per heavy atom. The van der Waals surface area contributed by atoms with Crippen molar-refractivity contribution in [3.05, 3.63) is 105 Å². The van der Waals surface area contributed by atoms with Crippen molar-refractivity contribution in [2.75, 3.05) is 26.9 Å². The van der Waals surface area contributed by atoms with Gasteiger partial charge in [-0.15, -0.1) is 0 Å². The number of nitrogens with zero attached hydrogens (tertiary/aromatic N) is 1. The average Bonchev–Trinajstić information content (AvgIpc) is 3.56. The predicted molar refractivity (Wildman–Crippen MR) is 252 cm³/mol. The average molecular weight is 1070 g/mol. The summed E-state index contributed by atoms with van der Waals surface area (Å²) in [4.78, 5) is 108. The normalized spacial score (nSPS) is 19.3. The largest absolute Gasteiger partial charge is 0.510 e. The second kappa shape index (κ2) is 27.4. The van der Waals surface area contributed by atoms with Gasteiger partial charge in [0.15, 0.2) is 23.5 Å². The number of phosphoric ester groups is 1. The van der Waals surface area contributed by atoms with Crippen molar-refractivity contribution >= 4 is 44.3 Å². The number of carbonyl (C=O) groups excluding carboxylic acids is 6. The van der Waals surface area contributed by atoms with Crippen LogP contribution in [0.5, 0.6) is 0 Å². The van der Waals surface area contributed by atoms with E-state index in [1.165, 1.54) is 55.4 Å². The zero-order valence-electron chi connectivity index (χ0n) is 42.1. The molecule has 1 aliphatic rings. The van der Waals surface area contributed by atoms with Gasteiger partial charge in [-0.25, -0.2) is 51.6 Å². The summed E-state index contributed by atoms with van der Waals surface area (Å²) in [5.41, 5.74) is -6.51. The Morgan fingerprint density at radius 2 is 1.18 bits per heavy atom. The number of phosphoric acid groups is 1. The molecule has 25 nitrogen and oxygen atoms in total. The van der Waals surface area contributed by atoms with E-state index in [1.54, 1.807) is 60.7 Å². The number of esters is 2. The number of hydrogen-bond donors (Lipinski definition) is 3. The molecule has 74 heavy (non-hydrogen) atoms. The van der Waals surface area contributed by atoms with Crippen LogP contribution in [0.15, 0.2) is 82.5 Å². The lowest BCUT2D eigenvalue weighted by Gasteiger charge is -2.39. The maximum Gasteiger partial charge on any atom is 0.510 e. The highest BCUT2D eigenvalue weighted by atomic mass is 31.2. The zero-order chi connectivity index (χ0) is 54.8. The fraction of sp³-hybridized carbons (Fsp3) is 0.532. The molecular formula is C47H62FN4O21P. The van der Waals surface area contributed by atoms with E-state index in [4.69, 9.17) is 56.2 Å². The molecule has 6 atom stereocenters. The van der Waals surface area contributed by atoms with Gasteiger partial charge in [-0.1, -0.05) is 88.4 Å². The van der Waals surface area contributed by atoms with Crippen LogP contribution >= 0.6 is 7.82 Å². The van der Waals surface area contributed by atoms with E-state index in [-0.39, 0.29) is 13.2 Å². The van der Waals surface area contributed by atoms with Crippen molar-refractivity contribution in [2.45, 2.75) is 123 Å². The standard InChI is InChI=1S/C47H62FN4O21P/c1-28(2)35(50-42(57)62-22-32-16-12-10-13-17-32)37(54)71-39-46(9,72-38(55)36(29(3)4)51-43(58)63-23-33-18-14-11-15-19-33)40(52-21-20-34(53)49-41(52)56)73-47(39,24-48)25-66-74(61,67-26-64-44(59)69-30(5)6)68-27-65-45(60)70-31(7)8/h10-21,28-31,35-36,39-40H,22-27H2,1-9H3,(H,50,57)(H,51,58)(H,49,53,56). The Morgan fingerprint density at radius 3 is 1.61 bits per heavy atom.